The number of pyridine rings is 1. The van der Waals surface area contributed by atoms with E-state index in [1.807, 2.05) is 36.0 Å². The zero-order valence-electron chi connectivity index (χ0n) is 13.0. The highest BCUT2D eigenvalue weighted by atomic mass is 32.1. The molecule has 5 nitrogen and oxygen atoms in total. The van der Waals surface area contributed by atoms with Crippen LogP contribution in [-0.2, 0) is 22.6 Å². The van der Waals surface area contributed by atoms with Crippen LogP contribution in [0.4, 0.5) is 0 Å². The van der Waals surface area contributed by atoms with Gasteiger partial charge in [0.25, 0.3) is 0 Å². The summed E-state index contributed by atoms with van der Waals surface area (Å²) < 4.78 is 12.2. The minimum Gasteiger partial charge on any atom is -0.373 e. The van der Waals surface area contributed by atoms with Crippen molar-refractivity contribution in [3.05, 3.63) is 46.7 Å². The summed E-state index contributed by atoms with van der Waals surface area (Å²) in [7, 11) is 0. The van der Waals surface area contributed by atoms with E-state index in [1.165, 1.54) is 5.01 Å². The van der Waals surface area contributed by atoms with Crippen molar-refractivity contribution in [2.75, 3.05) is 13.2 Å². The molecule has 3 atom stereocenters. The largest absolute Gasteiger partial charge is 0.373 e. The molecule has 122 valence electrons. The molecule has 0 unspecified atom stereocenters. The number of morpholine rings is 1. The summed E-state index contributed by atoms with van der Waals surface area (Å²) in [5.74, 6) is 0. The first kappa shape index (κ1) is 15.2. The first-order chi connectivity index (χ1) is 11.4. The molecule has 2 fully saturated rings. The van der Waals surface area contributed by atoms with Gasteiger partial charge in [-0.15, -0.1) is 11.3 Å². The van der Waals surface area contributed by atoms with Gasteiger partial charge >= 0.3 is 0 Å². The lowest BCUT2D eigenvalue weighted by Crippen LogP contribution is -2.51. The summed E-state index contributed by atoms with van der Waals surface area (Å²) in [4.78, 5) is 11.3. The van der Waals surface area contributed by atoms with Crippen LogP contribution < -0.4 is 0 Å². The SMILES string of the molecule is c1ccc(CO[C@@H]2CC[C@H]3[C@H]2OCCN3Cc2nccs2)nc1. The summed E-state index contributed by atoms with van der Waals surface area (Å²) in [6.07, 6.45) is 6.21. The van der Waals surface area contributed by atoms with Gasteiger partial charge in [-0.25, -0.2) is 4.98 Å². The highest BCUT2D eigenvalue weighted by Crippen LogP contribution is 2.33. The zero-order chi connectivity index (χ0) is 15.5. The Morgan fingerprint density at radius 2 is 2.26 bits per heavy atom. The summed E-state index contributed by atoms with van der Waals surface area (Å²) in [5, 5.41) is 3.23. The Balaban J connectivity index is 1.37. The molecule has 2 aromatic rings. The van der Waals surface area contributed by atoms with Crippen molar-refractivity contribution in [2.45, 2.75) is 44.2 Å². The molecule has 0 amide bonds. The fourth-order valence-electron chi connectivity index (χ4n) is 3.55. The normalized spacial score (nSPS) is 27.9. The van der Waals surface area contributed by atoms with Gasteiger partial charge in [0.2, 0.25) is 0 Å². The molecule has 0 bridgehead atoms. The molecule has 6 heteroatoms. The lowest BCUT2D eigenvalue weighted by Gasteiger charge is -2.38. The van der Waals surface area contributed by atoms with E-state index in [1.54, 1.807) is 11.3 Å². The monoisotopic (exact) mass is 331 g/mol. The predicted molar refractivity (Wildman–Crippen MR) is 88.1 cm³/mol. The van der Waals surface area contributed by atoms with E-state index in [4.69, 9.17) is 9.47 Å². The quantitative estimate of drug-likeness (QED) is 0.842. The van der Waals surface area contributed by atoms with E-state index >= 15 is 0 Å². The molecule has 1 aliphatic carbocycles. The third kappa shape index (κ3) is 3.45. The Bertz CT molecular complexity index is 608. The molecule has 1 saturated heterocycles. The molecule has 1 saturated carbocycles. The van der Waals surface area contributed by atoms with Gasteiger partial charge in [-0.2, -0.15) is 0 Å². The molecule has 2 aliphatic rings. The highest BCUT2D eigenvalue weighted by Gasteiger charge is 2.43. The van der Waals surface area contributed by atoms with Gasteiger partial charge in [-0.1, -0.05) is 6.07 Å². The van der Waals surface area contributed by atoms with Crippen molar-refractivity contribution in [1.29, 1.82) is 0 Å². The van der Waals surface area contributed by atoms with Crippen molar-refractivity contribution >= 4 is 11.3 Å². The van der Waals surface area contributed by atoms with Crippen molar-refractivity contribution in [3.63, 3.8) is 0 Å². The van der Waals surface area contributed by atoms with Crippen LogP contribution >= 0.6 is 11.3 Å². The molecule has 1 aliphatic heterocycles. The Morgan fingerprint density at radius 1 is 1.26 bits per heavy atom. The number of fused-ring (bicyclic) bond motifs is 1. The van der Waals surface area contributed by atoms with E-state index in [0.717, 1.165) is 38.2 Å². The van der Waals surface area contributed by atoms with Crippen LogP contribution in [0.2, 0.25) is 0 Å². The van der Waals surface area contributed by atoms with Crippen LogP contribution in [0.1, 0.15) is 23.5 Å². The van der Waals surface area contributed by atoms with Gasteiger partial charge in [0, 0.05) is 30.4 Å². The third-order valence-corrected chi connectivity index (χ3v) is 5.41. The Hall–Kier alpha value is -1.34. The van der Waals surface area contributed by atoms with E-state index in [0.29, 0.717) is 12.6 Å². The average molecular weight is 331 g/mol. The summed E-state index contributed by atoms with van der Waals surface area (Å²) in [6, 6.07) is 6.37. The van der Waals surface area contributed by atoms with Gasteiger partial charge in [-0.05, 0) is 25.0 Å². The van der Waals surface area contributed by atoms with Gasteiger partial charge in [0.05, 0.1) is 37.7 Å². The lowest BCUT2D eigenvalue weighted by atomic mass is 10.1. The molecule has 0 aromatic carbocycles. The second-order valence-corrected chi connectivity index (χ2v) is 7.03. The maximum absolute atomic E-state index is 6.11. The first-order valence-electron chi connectivity index (χ1n) is 8.16. The predicted octanol–water partition coefficient (Wildman–Crippen LogP) is 2.49. The molecule has 0 radical (unpaired) electrons. The summed E-state index contributed by atoms with van der Waals surface area (Å²) in [6.45, 7) is 3.24. The number of ether oxygens (including phenoxy) is 2. The van der Waals surface area contributed by atoms with Crippen LogP contribution in [0.5, 0.6) is 0 Å². The standard InChI is InChI=1S/C17H21N3O2S/c1-2-6-18-13(3-1)12-22-15-5-4-14-17(15)21-9-8-20(14)11-16-19-7-10-23-16/h1-3,6-7,10,14-15,17H,4-5,8-9,11-12H2/t14-,15+,17+/m0/s1. The minimum absolute atomic E-state index is 0.168. The maximum atomic E-state index is 6.11. The van der Waals surface area contributed by atoms with E-state index in [9.17, 15) is 0 Å². The number of aromatic nitrogens is 2. The lowest BCUT2D eigenvalue weighted by molar-refractivity contribution is -0.119. The number of nitrogens with zero attached hydrogens (tertiary/aromatic N) is 3. The van der Waals surface area contributed by atoms with E-state index in [2.05, 4.69) is 14.9 Å². The van der Waals surface area contributed by atoms with Gasteiger partial charge < -0.3 is 9.47 Å². The number of hydrogen-bond acceptors (Lipinski definition) is 6. The minimum atomic E-state index is 0.168. The zero-order valence-corrected chi connectivity index (χ0v) is 13.8. The van der Waals surface area contributed by atoms with Crippen LogP contribution in [0.3, 0.4) is 0 Å². The Labute approximate surface area is 140 Å². The molecule has 23 heavy (non-hydrogen) atoms. The van der Waals surface area contributed by atoms with Gasteiger partial charge in [0.1, 0.15) is 5.01 Å². The van der Waals surface area contributed by atoms with Crippen LogP contribution in [0.25, 0.3) is 0 Å². The smallest absolute Gasteiger partial charge is 0.107 e. The summed E-state index contributed by atoms with van der Waals surface area (Å²) in [5.41, 5.74) is 0.978. The average Bonchev–Trinajstić information content (AvgIpc) is 3.24. The Morgan fingerprint density at radius 3 is 3.09 bits per heavy atom. The number of rotatable bonds is 5. The van der Waals surface area contributed by atoms with Crippen molar-refractivity contribution in [2.24, 2.45) is 0 Å². The van der Waals surface area contributed by atoms with Crippen molar-refractivity contribution < 1.29 is 9.47 Å². The first-order valence-corrected chi connectivity index (χ1v) is 9.03. The third-order valence-electron chi connectivity index (χ3n) is 4.64. The molecular weight excluding hydrogens is 310 g/mol. The molecule has 3 heterocycles. The fraction of sp³-hybridized carbons (Fsp3) is 0.529. The molecule has 0 spiro atoms. The van der Waals surface area contributed by atoms with Crippen molar-refractivity contribution in [3.8, 4) is 0 Å². The van der Waals surface area contributed by atoms with Crippen LogP contribution in [0, 0.1) is 0 Å². The number of thiazole rings is 1. The highest BCUT2D eigenvalue weighted by molar-refractivity contribution is 7.09. The van der Waals surface area contributed by atoms with Gasteiger partial charge in [0.15, 0.2) is 0 Å². The van der Waals surface area contributed by atoms with Gasteiger partial charge in [-0.3, -0.25) is 9.88 Å². The molecular formula is C17H21N3O2S. The molecule has 2 aromatic heterocycles. The molecule has 0 N–H and O–H groups in total. The maximum Gasteiger partial charge on any atom is 0.107 e. The Kier molecular flexibility index (Phi) is 4.66. The van der Waals surface area contributed by atoms with Crippen LogP contribution in [0.15, 0.2) is 36.0 Å². The summed E-state index contributed by atoms with van der Waals surface area (Å²) >= 11 is 1.73. The van der Waals surface area contributed by atoms with Crippen molar-refractivity contribution in [1.82, 2.24) is 14.9 Å². The topological polar surface area (TPSA) is 47.5 Å². The van der Waals surface area contributed by atoms with E-state index in [-0.39, 0.29) is 12.2 Å². The van der Waals surface area contributed by atoms with Crippen LogP contribution in [-0.4, -0.2) is 46.3 Å². The molecule has 4 rings (SSSR count). The second kappa shape index (κ2) is 7.05. The van der Waals surface area contributed by atoms with E-state index < -0.39 is 0 Å². The fourth-order valence-corrected chi connectivity index (χ4v) is 4.19. The second-order valence-electron chi connectivity index (χ2n) is 6.05. The number of hydrogen-bond donors (Lipinski definition) is 0.